The molecule has 0 fully saturated rings. The summed E-state index contributed by atoms with van der Waals surface area (Å²) in [6.45, 7) is 3.78. The van der Waals surface area contributed by atoms with Gasteiger partial charge in [-0.15, -0.1) is 0 Å². The smallest absolute Gasteiger partial charge is 0.322 e. The summed E-state index contributed by atoms with van der Waals surface area (Å²) in [5.74, 6) is -0.398. The Morgan fingerprint density at radius 3 is 2.71 bits per heavy atom. The molecule has 1 unspecified atom stereocenters. The van der Waals surface area contributed by atoms with E-state index >= 15 is 0 Å². The van der Waals surface area contributed by atoms with E-state index in [0.29, 0.717) is 6.42 Å². The normalized spacial score (nSPS) is 12.6. The molecule has 1 rings (SSSR count). The van der Waals surface area contributed by atoms with Gasteiger partial charge in [-0.2, -0.15) is 5.10 Å². The van der Waals surface area contributed by atoms with Crippen LogP contribution in [0.15, 0.2) is 0 Å². The van der Waals surface area contributed by atoms with Crippen LogP contribution >= 0.6 is 0 Å². The first kappa shape index (κ1) is 10.7. The van der Waals surface area contributed by atoms with Crippen LogP contribution in [-0.4, -0.2) is 29.3 Å². The highest BCUT2D eigenvalue weighted by Gasteiger charge is 2.17. The molecule has 0 aliphatic carbocycles. The van der Waals surface area contributed by atoms with Crippen LogP contribution in [0.5, 0.6) is 0 Å². The van der Waals surface area contributed by atoms with Crippen LogP contribution in [0, 0.1) is 13.8 Å². The molecular formula is C9H15N3O2. The summed E-state index contributed by atoms with van der Waals surface area (Å²) >= 11 is 0. The number of hydrogen-bond donors (Lipinski definition) is 2. The van der Waals surface area contributed by atoms with E-state index in [1.807, 2.05) is 13.8 Å². The first-order valence-corrected chi connectivity index (χ1v) is 4.40. The molecule has 5 heteroatoms. The number of ether oxygens (including phenoxy) is 1. The maximum Gasteiger partial charge on any atom is 0.322 e. The van der Waals surface area contributed by atoms with Crippen molar-refractivity contribution in [1.29, 1.82) is 0 Å². The van der Waals surface area contributed by atoms with Crippen LogP contribution in [0.1, 0.15) is 17.0 Å². The van der Waals surface area contributed by atoms with Crippen LogP contribution in [0.2, 0.25) is 0 Å². The first-order valence-electron chi connectivity index (χ1n) is 4.40. The SMILES string of the molecule is COC(=O)C(N)Cc1c(C)n[nH]c1C. The van der Waals surface area contributed by atoms with Crippen LogP contribution in [0.25, 0.3) is 0 Å². The Morgan fingerprint density at radius 2 is 2.29 bits per heavy atom. The Hall–Kier alpha value is -1.36. The van der Waals surface area contributed by atoms with Crippen molar-refractivity contribution in [3.8, 4) is 0 Å². The molecule has 0 aliphatic rings. The molecule has 0 radical (unpaired) electrons. The van der Waals surface area contributed by atoms with Crippen LogP contribution < -0.4 is 5.73 Å². The van der Waals surface area contributed by atoms with Crippen molar-refractivity contribution < 1.29 is 9.53 Å². The molecule has 3 N–H and O–H groups in total. The van der Waals surface area contributed by atoms with Gasteiger partial charge in [0.15, 0.2) is 0 Å². The van der Waals surface area contributed by atoms with E-state index in [2.05, 4.69) is 14.9 Å². The molecule has 0 spiro atoms. The van der Waals surface area contributed by atoms with E-state index in [9.17, 15) is 4.79 Å². The summed E-state index contributed by atoms with van der Waals surface area (Å²) in [5, 5.41) is 6.86. The number of aromatic nitrogens is 2. The molecule has 0 aromatic carbocycles. The number of H-pyrrole nitrogens is 1. The highest BCUT2D eigenvalue weighted by atomic mass is 16.5. The van der Waals surface area contributed by atoms with Crippen molar-refractivity contribution in [2.75, 3.05) is 7.11 Å². The lowest BCUT2D eigenvalue weighted by atomic mass is 10.1. The summed E-state index contributed by atoms with van der Waals surface area (Å²) in [7, 11) is 1.33. The molecule has 1 aromatic rings. The minimum atomic E-state index is -0.616. The van der Waals surface area contributed by atoms with Crippen molar-refractivity contribution in [1.82, 2.24) is 10.2 Å². The monoisotopic (exact) mass is 197 g/mol. The highest BCUT2D eigenvalue weighted by molar-refractivity contribution is 5.75. The largest absolute Gasteiger partial charge is 0.468 e. The fourth-order valence-electron chi connectivity index (χ4n) is 1.33. The second-order valence-corrected chi connectivity index (χ2v) is 3.25. The minimum absolute atomic E-state index is 0.398. The van der Waals surface area contributed by atoms with Crippen molar-refractivity contribution in [3.63, 3.8) is 0 Å². The lowest BCUT2D eigenvalue weighted by Gasteiger charge is -2.08. The zero-order valence-corrected chi connectivity index (χ0v) is 8.63. The molecule has 14 heavy (non-hydrogen) atoms. The van der Waals surface area contributed by atoms with E-state index in [1.165, 1.54) is 7.11 Å². The first-order chi connectivity index (χ1) is 6.56. The molecule has 5 nitrogen and oxygen atoms in total. The minimum Gasteiger partial charge on any atom is -0.468 e. The Labute approximate surface area is 82.6 Å². The summed E-state index contributed by atoms with van der Waals surface area (Å²) < 4.78 is 4.55. The number of nitrogens with two attached hydrogens (primary N) is 1. The van der Waals surface area contributed by atoms with Crippen molar-refractivity contribution >= 4 is 5.97 Å². The number of methoxy groups -OCH3 is 1. The standard InChI is InChI=1S/C9H15N3O2/c1-5-7(6(2)12-11-5)4-8(10)9(13)14-3/h8H,4,10H2,1-3H3,(H,11,12). The molecule has 0 saturated carbocycles. The molecule has 78 valence electrons. The second kappa shape index (κ2) is 4.23. The number of aromatic amines is 1. The molecule has 0 bridgehead atoms. The van der Waals surface area contributed by atoms with E-state index < -0.39 is 12.0 Å². The van der Waals surface area contributed by atoms with E-state index in [-0.39, 0.29) is 0 Å². The average molecular weight is 197 g/mol. The van der Waals surface area contributed by atoms with Crippen molar-refractivity contribution in [2.24, 2.45) is 5.73 Å². The van der Waals surface area contributed by atoms with Gasteiger partial charge in [-0.25, -0.2) is 0 Å². The van der Waals surface area contributed by atoms with E-state index in [0.717, 1.165) is 17.0 Å². The van der Waals surface area contributed by atoms with Crippen LogP contribution in [0.3, 0.4) is 0 Å². The van der Waals surface area contributed by atoms with Gasteiger partial charge in [-0.05, 0) is 19.4 Å². The number of carbonyl (C=O) groups is 1. The molecule has 1 aromatic heterocycles. The average Bonchev–Trinajstić information content (AvgIpc) is 2.48. The topological polar surface area (TPSA) is 81.0 Å². The molecule has 0 saturated heterocycles. The number of nitrogens with zero attached hydrogens (tertiary/aromatic N) is 1. The summed E-state index contributed by atoms with van der Waals surface area (Å²) in [4.78, 5) is 11.1. The lowest BCUT2D eigenvalue weighted by molar-refractivity contribution is -0.142. The third-order valence-electron chi connectivity index (χ3n) is 2.21. The summed E-state index contributed by atoms with van der Waals surface area (Å²) in [5.41, 5.74) is 8.45. The fourth-order valence-corrected chi connectivity index (χ4v) is 1.33. The Bertz CT molecular complexity index is 313. The Kier molecular flexibility index (Phi) is 3.24. The molecular weight excluding hydrogens is 182 g/mol. The number of rotatable bonds is 3. The van der Waals surface area contributed by atoms with Gasteiger partial charge in [0.2, 0.25) is 0 Å². The number of esters is 1. The van der Waals surface area contributed by atoms with Crippen LogP contribution in [-0.2, 0) is 16.0 Å². The van der Waals surface area contributed by atoms with Gasteiger partial charge in [0.05, 0.1) is 12.8 Å². The number of aryl methyl sites for hydroxylation is 2. The van der Waals surface area contributed by atoms with Gasteiger partial charge in [0.1, 0.15) is 6.04 Å². The zero-order chi connectivity index (χ0) is 10.7. The van der Waals surface area contributed by atoms with Gasteiger partial charge in [-0.1, -0.05) is 0 Å². The molecule has 1 atom stereocenters. The third kappa shape index (κ3) is 2.11. The number of carbonyl (C=O) groups excluding carboxylic acids is 1. The summed E-state index contributed by atoms with van der Waals surface area (Å²) in [6.07, 6.45) is 0.459. The molecule has 0 amide bonds. The maximum absolute atomic E-state index is 11.1. The predicted octanol–water partition coefficient (Wildman–Crippen LogP) is 0.0693. The van der Waals surface area contributed by atoms with Crippen molar-refractivity contribution in [2.45, 2.75) is 26.3 Å². The Morgan fingerprint density at radius 1 is 1.64 bits per heavy atom. The number of nitrogens with one attached hydrogen (secondary N) is 1. The second-order valence-electron chi connectivity index (χ2n) is 3.25. The van der Waals surface area contributed by atoms with Crippen LogP contribution in [0.4, 0.5) is 0 Å². The van der Waals surface area contributed by atoms with Gasteiger partial charge in [0, 0.05) is 12.1 Å². The van der Waals surface area contributed by atoms with E-state index in [1.54, 1.807) is 0 Å². The summed E-state index contributed by atoms with van der Waals surface area (Å²) in [6, 6.07) is -0.616. The van der Waals surface area contributed by atoms with Crippen molar-refractivity contribution in [3.05, 3.63) is 17.0 Å². The number of hydrogen-bond acceptors (Lipinski definition) is 4. The third-order valence-corrected chi connectivity index (χ3v) is 2.21. The van der Waals surface area contributed by atoms with Gasteiger partial charge in [-0.3, -0.25) is 9.89 Å². The zero-order valence-electron chi connectivity index (χ0n) is 8.63. The van der Waals surface area contributed by atoms with Gasteiger partial charge >= 0.3 is 5.97 Å². The maximum atomic E-state index is 11.1. The fraction of sp³-hybridized carbons (Fsp3) is 0.556. The lowest BCUT2D eigenvalue weighted by Crippen LogP contribution is -2.33. The Balaban J connectivity index is 2.73. The molecule has 0 aliphatic heterocycles. The highest BCUT2D eigenvalue weighted by Crippen LogP contribution is 2.11. The molecule has 1 heterocycles. The quantitative estimate of drug-likeness (QED) is 0.672. The predicted molar refractivity (Wildman–Crippen MR) is 51.8 cm³/mol. The van der Waals surface area contributed by atoms with Gasteiger partial charge < -0.3 is 10.5 Å². The van der Waals surface area contributed by atoms with Gasteiger partial charge in [0.25, 0.3) is 0 Å². The van der Waals surface area contributed by atoms with E-state index in [4.69, 9.17) is 5.73 Å².